The number of nitrogens with two attached hydrogens (primary N) is 1. The topological polar surface area (TPSA) is 134 Å². The predicted octanol–water partition coefficient (Wildman–Crippen LogP) is 1.42. The first-order chi connectivity index (χ1) is 12.5. The number of esters is 1. The number of carbonyl (C=O) groups excluding carboxylic acids is 2. The lowest BCUT2D eigenvalue weighted by atomic mass is 10.1. The molecule has 0 radical (unpaired) electrons. The molecule has 10 nitrogen and oxygen atoms in total. The van der Waals surface area contributed by atoms with Gasteiger partial charge >= 0.3 is 12.1 Å². The SMILES string of the molecule is COC(=O)Nc1nc(N)c2c(cnn2Cc2ccc(C(=O)OC)cc2)n1. The summed E-state index contributed by atoms with van der Waals surface area (Å²) < 4.78 is 10.8. The normalized spacial score (nSPS) is 10.5. The van der Waals surface area contributed by atoms with Crippen molar-refractivity contribution in [2.24, 2.45) is 0 Å². The molecule has 2 aromatic heterocycles. The number of methoxy groups -OCH3 is 2. The number of ether oxygens (including phenoxy) is 2. The Kier molecular flexibility index (Phi) is 4.65. The number of aromatic nitrogens is 4. The van der Waals surface area contributed by atoms with Gasteiger partial charge in [-0.2, -0.15) is 10.1 Å². The molecule has 3 aromatic rings. The molecule has 0 saturated carbocycles. The van der Waals surface area contributed by atoms with Gasteiger partial charge in [0.2, 0.25) is 5.95 Å². The number of fused-ring (bicyclic) bond motifs is 1. The van der Waals surface area contributed by atoms with Crippen molar-refractivity contribution in [1.29, 1.82) is 0 Å². The van der Waals surface area contributed by atoms with Gasteiger partial charge in [0, 0.05) is 0 Å². The molecule has 0 aliphatic heterocycles. The van der Waals surface area contributed by atoms with Crippen molar-refractivity contribution in [3.63, 3.8) is 0 Å². The van der Waals surface area contributed by atoms with E-state index in [1.54, 1.807) is 28.9 Å². The summed E-state index contributed by atoms with van der Waals surface area (Å²) >= 11 is 0. The first-order valence-corrected chi connectivity index (χ1v) is 7.53. The summed E-state index contributed by atoms with van der Waals surface area (Å²) in [5.74, 6) is -0.196. The first-order valence-electron chi connectivity index (χ1n) is 7.53. The fourth-order valence-electron chi connectivity index (χ4n) is 2.38. The zero-order valence-electron chi connectivity index (χ0n) is 14.1. The van der Waals surface area contributed by atoms with E-state index in [-0.39, 0.29) is 11.8 Å². The van der Waals surface area contributed by atoms with Gasteiger partial charge in [0.15, 0.2) is 5.82 Å². The molecule has 3 rings (SSSR count). The van der Waals surface area contributed by atoms with Crippen LogP contribution in [0.1, 0.15) is 15.9 Å². The first kappa shape index (κ1) is 17.1. The van der Waals surface area contributed by atoms with Crippen LogP contribution in [0.15, 0.2) is 30.5 Å². The fourth-order valence-corrected chi connectivity index (χ4v) is 2.38. The number of benzene rings is 1. The highest BCUT2D eigenvalue weighted by atomic mass is 16.5. The van der Waals surface area contributed by atoms with E-state index < -0.39 is 12.1 Å². The second-order valence-corrected chi connectivity index (χ2v) is 5.27. The van der Waals surface area contributed by atoms with Gasteiger partial charge in [-0.25, -0.2) is 14.6 Å². The van der Waals surface area contributed by atoms with Crippen LogP contribution in [0.2, 0.25) is 0 Å². The van der Waals surface area contributed by atoms with Crippen LogP contribution in [-0.2, 0) is 16.0 Å². The predicted molar refractivity (Wildman–Crippen MR) is 92.6 cm³/mol. The van der Waals surface area contributed by atoms with Crippen LogP contribution in [0.4, 0.5) is 16.6 Å². The number of nitrogens with zero attached hydrogens (tertiary/aromatic N) is 4. The van der Waals surface area contributed by atoms with Gasteiger partial charge in [-0.1, -0.05) is 12.1 Å². The highest BCUT2D eigenvalue weighted by Crippen LogP contribution is 2.20. The minimum absolute atomic E-state index is 0.0313. The summed E-state index contributed by atoms with van der Waals surface area (Å²) in [4.78, 5) is 31.0. The molecule has 1 amide bonds. The number of amides is 1. The maximum Gasteiger partial charge on any atom is 0.413 e. The lowest BCUT2D eigenvalue weighted by molar-refractivity contribution is 0.0600. The highest BCUT2D eigenvalue weighted by Gasteiger charge is 2.14. The van der Waals surface area contributed by atoms with Crippen molar-refractivity contribution in [3.05, 3.63) is 41.6 Å². The molecule has 0 aliphatic rings. The van der Waals surface area contributed by atoms with E-state index in [0.29, 0.717) is 23.1 Å². The lowest BCUT2D eigenvalue weighted by Gasteiger charge is -2.07. The third-order valence-electron chi connectivity index (χ3n) is 3.62. The number of rotatable bonds is 4. The lowest BCUT2D eigenvalue weighted by Crippen LogP contribution is -2.14. The Labute approximate surface area is 147 Å². The monoisotopic (exact) mass is 356 g/mol. The van der Waals surface area contributed by atoms with Gasteiger partial charge < -0.3 is 15.2 Å². The van der Waals surface area contributed by atoms with Gasteiger partial charge in [0.05, 0.1) is 32.5 Å². The second kappa shape index (κ2) is 7.05. The van der Waals surface area contributed by atoms with Gasteiger partial charge in [-0.3, -0.25) is 10.00 Å². The molecule has 0 unspecified atom stereocenters. The number of carbonyl (C=O) groups is 2. The highest BCUT2D eigenvalue weighted by molar-refractivity contribution is 5.89. The Morgan fingerprint density at radius 2 is 1.88 bits per heavy atom. The maximum absolute atomic E-state index is 11.5. The van der Waals surface area contributed by atoms with E-state index in [1.165, 1.54) is 20.4 Å². The smallest absolute Gasteiger partial charge is 0.413 e. The average Bonchev–Trinajstić information content (AvgIpc) is 3.04. The minimum Gasteiger partial charge on any atom is -0.465 e. The minimum atomic E-state index is -0.693. The number of nitrogen functional groups attached to an aromatic ring is 1. The van der Waals surface area contributed by atoms with Crippen molar-refractivity contribution in [1.82, 2.24) is 19.7 Å². The molecule has 134 valence electrons. The second-order valence-electron chi connectivity index (χ2n) is 5.27. The van der Waals surface area contributed by atoms with E-state index in [2.05, 4.69) is 29.9 Å². The Hall–Kier alpha value is -3.69. The van der Waals surface area contributed by atoms with Gasteiger partial charge in [0.1, 0.15) is 11.0 Å². The molecule has 26 heavy (non-hydrogen) atoms. The molecule has 0 saturated heterocycles. The zero-order valence-corrected chi connectivity index (χ0v) is 14.1. The van der Waals surface area contributed by atoms with Crippen molar-refractivity contribution < 1.29 is 19.1 Å². The summed E-state index contributed by atoms with van der Waals surface area (Å²) in [5.41, 5.74) is 8.37. The van der Waals surface area contributed by atoms with E-state index in [0.717, 1.165) is 5.56 Å². The molecular weight excluding hydrogens is 340 g/mol. The molecule has 10 heteroatoms. The zero-order chi connectivity index (χ0) is 18.7. The van der Waals surface area contributed by atoms with Crippen LogP contribution in [0, 0.1) is 0 Å². The molecular formula is C16H16N6O4. The molecule has 3 N–H and O–H groups in total. The number of hydrogen-bond donors (Lipinski definition) is 2. The van der Waals surface area contributed by atoms with E-state index in [1.807, 2.05) is 0 Å². The molecule has 0 spiro atoms. The standard InChI is InChI=1S/C16H16N6O4/c1-25-14(23)10-5-3-9(4-6-10)8-22-12-11(7-18-22)19-15(20-13(12)17)21-16(24)26-2/h3-7H,8H2,1-2H3,(H3,17,19,20,21,24). The number of hydrogen-bond acceptors (Lipinski definition) is 8. The van der Waals surface area contributed by atoms with Crippen LogP contribution in [0.3, 0.4) is 0 Å². The van der Waals surface area contributed by atoms with E-state index in [9.17, 15) is 9.59 Å². The molecule has 0 fully saturated rings. The molecule has 1 aromatic carbocycles. The Balaban J connectivity index is 1.87. The fraction of sp³-hybridized carbons (Fsp3) is 0.188. The summed E-state index contributed by atoms with van der Waals surface area (Å²) in [6.45, 7) is 0.405. The molecule has 0 atom stereocenters. The third kappa shape index (κ3) is 3.38. The molecule has 0 aliphatic carbocycles. The number of anilines is 2. The Morgan fingerprint density at radius 1 is 1.15 bits per heavy atom. The summed E-state index contributed by atoms with van der Waals surface area (Å²) in [6, 6.07) is 6.93. The van der Waals surface area contributed by atoms with Crippen molar-refractivity contribution in [2.45, 2.75) is 6.54 Å². The van der Waals surface area contributed by atoms with Crippen molar-refractivity contribution in [3.8, 4) is 0 Å². The summed E-state index contributed by atoms with van der Waals surface area (Å²) in [5, 5.41) is 6.63. The molecule has 2 heterocycles. The Bertz CT molecular complexity index is 967. The average molecular weight is 356 g/mol. The summed E-state index contributed by atoms with van der Waals surface area (Å²) in [7, 11) is 2.57. The maximum atomic E-state index is 11.5. The van der Waals surface area contributed by atoms with Crippen LogP contribution < -0.4 is 11.1 Å². The van der Waals surface area contributed by atoms with Gasteiger partial charge in [-0.15, -0.1) is 0 Å². The Morgan fingerprint density at radius 3 is 2.54 bits per heavy atom. The molecule has 0 bridgehead atoms. The van der Waals surface area contributed by atoms with Crippen molar-refractivity contribution >= 4 is 34.9 Å². The van der Waals surface area contributed by atoms with Crippen LogP contribution >= 0.6 is 0 Å². The number of nitrogens with one attached hydrogen (secondary N) is 1. The third-order valence-corrected chi connectivity index (χ3v) is 3.62. The van der Waals surface area contributed by atoms with Crippen molar-refractivity contribution in [2.75, 3.05) is 25.3 Å². The quantitative estimate of drug-likeness (QED) is 0.670. The van der Waals surface area contributed by atoms with Gasteiger partial charge in [-0.05, 0) is 17.7 Å². The van der Waals surface area contributed by atoms with Gasteiger partial charge in [0.25, 0.3) is 0 Å². The largest absolute Gasteiger partial charge is 0.465 e. The summed E-state index contributed by atoms with van der Waals surface area (Å²) in [6.07, 6.45) is 0.834. The van der Waals surface area contributed by atoms with E-state index >= 15 is 0 Å². The van der Waals surface area contributed by atoms with Crippen LogP contribution in [0.5, 0.6) is 0 Å². The van der Waals surface area contributed by atoms with E-state index in [4.69, 9.17) is 5.73 Å². The van der Waals surface area contributed by atoms with Crippen LogP contribution in [0.25, 0.3) is 11.0 Å². The van der Waals surface area contributed by atoms with Crippen LogP contribution in [-0.4, -0.2) is 46.0 Å².